The molecule has 0 saturated carbocycles. The topological polar surface area (TPSA) is 39.4 Å². The van der Waals surface area contributed by atoms with Crippen LogP contribution in [0.2, 0.25) is 15.1 Å². The second kappa shape index (κ2) is 8.61. The molecule has 1 aromatic heterocycles. The molecule has 0 aliphatic rings. The van der Waals surface area contributed by atoms with Gasteiger partial charge in [-0.3, -0.25) is 4.79 Å². The molecule has 0 radical (unpaired) electrons. The molecule has 3 nitrogen and oxygen atoms in total. The first-order valence-corrected chi connectivity index (χ1v) is 8.90. The van der Waals surface area contributed by atoms with Crippen molar-refractivity contribution < 1.29 is 18.3 Å². The van der Waals surface area contributed by atoms with Gasteiger partial charge in [0.2, 0.25) is 0 Å². The van der Waals surface area contributed by atoms with Gasteiger partial charge in [-0.25, -0.2) is 4.39 Å². The van der Waals surface area contributed by atoms with Gasteiger partial charge in [-0.2, -0.15) is 0 Å². The first-order valence-electron chi connectivity index (χ1n) is 7.76. The molecular formula is C20H12Cl3FO3. The lowest BCUT2D eigenvalue weighted by Gasteiger charge is -2.06. The fraction of sp³-hybridized carbons (Fsp3) is 0.0500. The zero-order valence-corrected chi connectivity index (χ0v) is 16.0. The largest absolute Gasteiger partial charge is 0.484 e. The van der Waals surface area contributed by atoms with E-state index in [0.717, 1.165) is 0 Å². The van der Waals surface area contributed by atoms with Crippen molar-refractivity contribution in [2.45, 2.75) is 6.61 Å². The molecule has 0 aliphatic heterocycles. The Morgan fingerprint density at radius 2 is 1.85 bits per heavy atom. The Labute approximate surface area is 169 Å². The average Bonchev–Trinajstić information content (AvgIpc) is 3.07. The van der Waals surface area contributed by atoms with E-state index in [4.69, 9.17) is 44.0 Å². The second-order valence-corrected chi connectivity index (χ2v) is 6.74. The Hall–Kier alpha value is -2.27. The number of furan rings is 1. The van der Waals surface area contributed by atoms with Gasteiger partial charge in [-0.15, -0.1) is 0 Å². The molecule has 0 fully saturated rings. The van der Waals surface area contributed by atoms with Gasteiger partial charge in [0.1, 0.15) is 29.7 Å². The Bertz CT molecular complexity index is 1010. The highest BCUT2D eigenvalue weighted by atomic mass is 35.5. The highest BCUT2D eigenvalue weighted by Gasteiger charge is 2.09. The summed E-state index contributed by atoms with van der Waals surface area (Å²) in [6.45, 7) is 0.107. The fourth-order valence-electron chi connectivity index (χ4n) is 2.24. The Kier molecular flexibility index (Phi) is 6.22. The van der Waals surface area contributed by atoms with Crippen molar-refractivity contribution >= 4 is 46.7 Å². The molecule has 1 heterocycles. The molecule has 2 aromatic carbocycles. The normalized spacial score (nSPS) is 11.1. The Balaban J connectivity index is 1.63. The summed E-state index contributed by atoms with van der Waals surface area (Å²) in [5, 5.41) is 0.909. The molecule has 0 bridgehead atoms. The number of allylic oxidation sites excluding steroid dienone is 1. The quantitative estimate of drug-likeness (QED) is 0.320. The fourth-order valence-corrected chi connectivity index (χ4v) is 2.96. The zero-order valence-electron chi connectivity index (χ0n) is 13.7. The molecule has 27 heavy (non-hydrogen) atoms. The van der Waals surface area contributed by atoms with Gasteiger partial charge < -0.3 is 9.15 Å². The molecule has 3 aromatic rings. The predicted octanol–water partition coefficient (Wildman–Crippen LogP) is 6.85. The van der Waals surface area contributed by atoms with Crippen LogP contribution in [0.1, 0.15) is 21.9 Å². The van der Waals surface area contributed by atoms with Crippen LogP contribution in [0.3, 0.4) is 0 Å². The summed E-state index contributed by atoms with van der Waals surface area (Å²) in [5.74, 6) is 0.621. The molecule has 138 valence electrons. The van der Waals surface area contributed by atoms with Crippen LogP contribution < -0.4 is 4.74 Å². The van der Waals surface area contributed by atoms with Gasteiger partial charge >= 0.3 is 0 Å². The van der Waals surface area contributed by atoms with Crippen LogP contribution in [0.25, 0.3) is 6.08 Å². The van der Waals surface area contributed by atoms with E-state index < -0.39 is 5.82 Å². The van der Waals surface area contributed by atoms with E-state index in [1.54, 1.807) is 24.3 Å². The molecule has 7 heteroatoms. The molecule has 0 N–H and O–H groups in total. The number of ether oxygens (including phenoxy) is 1. The van der Waals surface area contributed by atoms with Crippen LogP contribution in [0, 0.1) is 5.82 Å². The van der Waals surface area contributed by atoms with Crippen LogP contribution >= 0.6 is 34.8 Å². The van der Waals surface area contributed by atoms with Crippen molar-refractivity contribution in [3.05, 3.63) is 92.6 Å². The lowest BCUT2D eigenvalue weighted by atomic mass is 10.1. The van der Waals surface area contributed by atoms with Gasteiger partial charge in [-0.1, -0.05) is 34.8 Å². The van der Waals surface area contributed by atoms with E-state index >= 15 is 0 Å². The van der Waals surface area contributed by atoms with Crippen molar-refractivity contribution in [1.29, 1.82) is 0 Å². The molecule has 0 atom stereocenters. The van der Waals surface area contributed by atoms with Crippen LogP contribution in [-0.4, -0.2) is 5.78 Å². The number of carbonyl (C=O) groups excluding carboxylic acids is 1. The number of hydrogen-bond donors (Lipinski definition) is 0. The maximum absolute atomic E-state index is 13.0. The SMILES string of the molecule is O=C(/C=C/c1ccc(COc2ccc(F)cc2Cl)o1)c1ccc(Cl)cc1Cl. The Morgan fingerprint density at radius 1 is 1.04 bits per heavy atom. The summed E-state index contributed by atoms with van der Waals surface area (Å²) in [6.07, 6.45) is 2.89. The summed E-state index contributed by atoms with van der Waals surface area (Å²) >= 11 is 17.7. The average molecular weight is 426 g/mol. The third-order valence-corrected chi connectivity index (χ3v) is 4.39. The van der Waals surface area contributed by atoms with E-state index in [0.29, 0.717) is 27.9 Å². The second-order valence-electron chi connectivity index (χ2n) is 5.49. The minimum absolute atomic E-state index is 0.107. The van der Waals surface area contributed by atoms with Gasteiger partial charge in [0, 0.05) is 10.6 Å². The van der Waals surface area contributed by atoms with Crippen LogP contribution in [0.4, 0.5) is 4.39 Å². The zero-order chi connectivity index (χ0) is 19.4. The maximum Gasteiger partial charge on any atom is 0.187 e. The van der Waals surface area contributed by atoms with Gasteiger partial charge in [0.25, 0.3) is 0 Å². The number of carbonyl (C=O) groups is 1. The summed E-state index contributed by atoms with van der Waals surface area (Å²) in [4.78, 5) is 12.2. The van der Waals surface area contributed by atoms with E-state index in [1.807, 2.05) is 0 Å². The van der Waals surface area contributed by atoms with Crippen molar-refractivity contribution in [2.75, 3.05) is 0 Å². The lowest BCUT2D eigenvalue weighted by Crippen LogP contribution is -1.95. The van der Waals surface area contributed by atoms with Crippen LogP contribution in [0.15, 0.2) is 59.0 Å². The minimum atomic E-state index is -0.441. The first-order chi connectivity index (χ1) is 12.9. The maximum atomic E-state index is 13.0. The van der Waals surface area contributed by atoms with Crippen molar-refractivity contribution in [1.82, 2.24) is 0 Å². The number of ketones is 1. The van der Waals surface area contributed by atoms with Crippen LogP contribution in [0.5, 0.6) is 5.75 Å². The van der Waals surface area contributed by atoms with Crippen molar-refractivity contribution in [2.24, 2.45) is 0 Å². The lowest BCUT2D eigenvalue weighted by molar-refractivity contribution is 0.104. The highest BCUT2D eigenvalue weighted by molar-refractivity contribution is 6.37. The van der Waals surface area contributed by atoms with Gasteiger partial charge in [0.05, 0.1) is 10.0 Å². The first kappa shape index (κ1) is 19.5. The molecule has 0 unspecified atom stereocenters. The van der Waals surface area contributed by atoms with E-state index in [1.165, 1.54) is 36.4 Å². The summed E-state index contributed by atoms with van der Waals surface area (Å²) in [6, 6.07) is 11.9. The van der Waals surface area contributed by atoms with Crippen molar-refractivity contribution in [3.63, 3.8) is 0 Å². The molecule has 0 saturated heterocycles. The smallest absolute Gasteiger partial charge is 0.187 e. The molecule has 0 aliphatic carbocycles. The number of rotatable bonds is 6. The van der Waals surface area contributed by atoms with E-state index in [2.05, 4.69) is 0 Å². The summed E-state index contributed by atoms with van der Waals surface area (Å²) < 4.78 is 24.1. The molecule has 0 amide bonds. The summed E-state index contributed by atoms with van der Waals surface area (Å²) in [7, 11) is 0. The number of hydrogen-bond acceptors (Lipinski definition) is 3. The Morgan fingerprint density at radius 3 is 2.59 bits per heavy atom. The monoisotopic (exact) mass is 424 g/mol. The van der Waals surface area contributed by atoms with Crippen molar-refractivity contribution in [3.8, 4) is 5.75 Å². The van der Waals surface area contributed by atoms with Gasteiger partial charge in [-0.05, 0) is 60.7 Å². The van der Waals surface area contributed by atoms with Crippen LogP contribution in [-0.2, 0) is 6.61 Å². The van der Waals surface area contributed by atoms with E-state index in [-0.39, 0.29) is 22.4 Å². The highest BCUT2D eigenvalue weighted by Crippen LogP contribution is 2.26. The summed E-state index contributed by atoms with van der Waals surface area (Å²) in [5.41, 5.74) is 0.346. The minimum Gasteiger partial charge on any atom is -0.484 e. The van der Waals surface area contributed by atoms with Gasteiger partial charge in [0.15, 0.2) is 5.78 Å². The third-order valence-electron chi connectivity index (χ3n) is 3.54. The standard InChI is InChI=1S/C20H12Cl3FO3/c21-12-1-6-16(17(22)9-12)19(25)7-5-14-3-4-15(27-14)11-26-20-8-2-13(24)10-18(20)23/h1-10H,11H2/b7-5+. The molecule has 3 rings (SSSR count). The number of halogens is 4. The number of benzene rings is 2. The van der Waals surface area contributed by atoms with E-state index in [9.17, 15) is 9.18 Å². The molecular weight excluding hydrogens is 414 g/mol. The predicted molar refractivity (Wildman–Crippen MR) is 104 cm³/mol. The third kappa shape index (κ3) is 5.13. The molecule has 0 spiro atoms.